The molecule has 8 heteroatoms. The molecule has 7 nitrogen and oxygen atoms in total. The van der Waals surface area contributed by atoms with Crippen LogP contribution >= 0.6 is 0 Å². The van der Waals surface area contributed by atoms with Crippen molar-refractivity contribution < 1.29 is 22.2 Å². The van der Waals surface area contributed by atoms with Crippen LogP contribution in [0, 0.1) is 0 Å². The van der Waals surface area contributed by atoms with Crippen LogP contribution in [0.15, 0.2) is 0 Å². The lowest BCUT2D eigenvalue weighted by atomic mass is 10.8. The molecule has 0 aliphatic carbocycles. The lowest BCUT2D eigenvalue weighted by Crippen LogP contribution is -2.52. The van der Waals surface area contributed by atoms with Gasteiger partial charge in [0, 0.05) is 14.1 Å². The molecule has 0 aromatic carbocycles. The van der Waals surface area contributed by atoms with E-state index in [1.165, 1.54) is 0 Å². The summed E-state index contributed by atoms with van der Waals surface area (Å²) in [5.41, 5.74) is 0. The molecule has 0 unspecified atom stereocenters. The van der Waals surface area contributed by atoms with E-state index in [2.05, 4.69) is 4.18 Å². The molecule has 3 amide bonds. The quantitative estimate of drug-likeness (QED) is 0.512. The Morgan fingerprint density at radius 3 is 2.25 bits per heavy atom. The predicted octanol–water partition coefficient (Wildman–Crippen LogP) is -0.635. The van der Waals surface area contributed by atoms with Crippen LogP contribution in [0.4, 0.5) is 9.59 Å². The van der Waals surface area contributed by atoms with Gasteiger partial charge in [-0.05, 0) is 0 Å². The summed E-state index contributed by atoms with van der Waals surface area (Å²) in [6, 6.07) is -0.939. The van der Waals surface area contributed by atoms with Crippen molar-refractivity contribution in [2.45, 2.75) is 0 Å². The summed E-state index contributed by atoms with van der Waals surface area (Å²) < 4.78 is 25.8. The van der Waals surface area contributed by atoms with Crippen LogP contribution in [0.2, 0.25) is 0 Å². The normalized spacial score (nSPS) is 22.5. The van der Waals surface area contributed by atoms with E-state index in [4.69, 9.17) is 0 Å². The zero-order valence-corrected chi connectivity index (χ0v) is 7.16. The number of carbonyl (C=O) groups is 2. The highest BCUT2D eigenvalue weighted by atomic mass is 32.2. The van der Waals surface area contributed by atoms with Gasteiger partial charge < -0.3 is 4.18 Å². The Morgan fingerprint density at radius 1 is 1.25 bits per heavy atom. The van der Waals surface area contributed by atoms with Gasteiger partial charge in [0.25, 0.3) is 0 Å². The number of rotatable bonds is 0. The Balaban J connectivity index is 3.10. The Bertz CT molecular complexity index is 333. The van der Waals surface area contributed by atoms with Crippen molar-refractivity contribution >= 4 is 22.4 Å². The average Bonchev–Trinajstić information content (AvgIpc) is 1.97. The van der Waals surface area contributed by atoms with Gasteiger partial charge >= 0.3 is 22.4 Å². The molecule has 0 spiro atoms. The molecule has 1 fully saturated rings. The number of hydrogen-bond acceptors (Lipinski definition) is 5. The van der Waals surface area contributed by atoms with Crippen molar-refractivity contribution in [1.82, 2.24) is 9.21 Å². The van der Waals surface area contributed by atoms with Crippen molar-refractivity contribution in [3.8, 4) is 0 Å². The van der Waals surface area contributed by atoms with Crippen LogP contribution in [0.1, 0.15) is 0 Å². The van der Waals surface area contributed by atoms with E-state index >= 15 is 0 Å². The minimum absolute atomic E-state index is 0.342. The Labute approximate surface area is 68.8 Å². The third kappa shape index (κ3) is 1.09. The minimum atomic E-state index is -4.20. The molecule has 1 saturated heterocycles. The van der Waals surface area contributed by atoms with Gasteiger partial charge in [0.1, 0.15) is 0 Å². The molecular formula is C4H6N2O5S. The number of imide groups is 1. The molecular weight excluding hydrogens is 188 g/mol. The van der Waals surface area contributed by atoms with E-state index in [9.17, 15) is 18.0 Å². The largest absolute Gasteiger partial charge is 0.434 e. The second-order valence-electron chi connectivity index (χ2n) is 2.12. The highest BCUT2D eigenvalue weighted by Crippen LogP contribution is 2.12. The van der Waals surface area contributed by atoms with Gasteiger partial charge in [-0.3, -0.25) is 0 Å². The molecule has 68 valence electrons. The van der Waals surface area contributed by atoms with Crippen LogP contribution in [0.25, 0.3) is 0 Å². The van der Waals surface area contributed by atoms with E-state index in [1.807, 2.05) is 0 Å². The summed E-state index contributed by atoms with van der Waals surface area (Å²) in [4.78, 5) is 22.1. The van der Waals surface area contributed by atoms with Gasteiger partial charge in [-0.15, -0.1) is 0 Å². The van der Waals surface area contributed by atoms with Gasteiger partial charge in [-0.25, -0.2) is 14.5 Å². The Hall–Kier alpha value is -1.31. The van der Waals surface area contributed by atoms with Gasteiger partial charge in [0.2, 0.25) is 0 Å². The molecule has 12 heavy (non-hydrogen) atoms. The maximum absolute atomic E-state index is 10.9. The van der Waals surface area contributed by atoms with Crippen LogP contribution in [-0.2, 0) is 14.5 Å². The molecule has 0 saturated carbocycles. The van der Waals surface area contributed by atoms with Crippen LogP contribution in [-0.4, -0.2) is 43.8 Å². The smallest absolute Gasteiger partial charge is 0.311 e. The molecule has 0 aromatic rings. The summed E-state index contributed by atoms with van der Waals surface area (Å²) >= 11 is 0. The zero-order valence-electron chi connectivity index (χ0n) is 6.34. The van der Waals surface area contributed by atoms with Crippen molar-refractivity contribution in [3.63, 3.8) is 0 Å². The molecule has 1 aliphatic heterocycles. The SMILES string of the molecule is CN1C(=O)OS(=O)(=O)N(C)C1=O. The molecule has 0 atom stereocenters. The van der Waals surface area contributed by atoms with Crippen LogP contribution < -0.4 is 0 Å². The fourth-order valence-electron chi connectivity index (χ4n) is 0.587. The van der Waals surface area contributed by atoms with E-state index in [1.54, 1.807) is 0 Å². The number of carbonyl (C=O) groups excluding carboxylic acids is 2. The third-order valence-corrected chi connectivity index (χ3v) is 2.52. The van der Waals surface area contributed by atoms with Crippen LogP contribution in [0.5, 0.6) is 0 Å². The second-order valence-corrected chi connectivity index (χ2v) is 3.69. The van der Waals surface area contributed by atoms with Crippen molar-refractivity contribution in [1.29, 1.82) is 0 Å². The summed E-state index contributed by atoms with van der Waals surface area (Å²) in [6.07, 6.45) is -1.20. The topological polar surface area (TPSA) is 84.0 Å². The summed E-state index contributed by atoms with van der Waals surface area (Å²) in [5.74, 6) is 0. The van der Waals surface area contributed by atoms with Gasteiger partial charge in [0.05, 0.1) is 0 Å². The molecule has 0 N–H and O–H groups in total. The van der Waals surface area contributed by atoms with E-state index in [-0.39, 0.29) is 0 Å². The van der Waals surface area contributed by atoms with Gasteiger partial charge in [-0.2, -0.15) is 12.7 Å². The monoisotopic (exact) mass is 194 g/mol. The highest BCUT2D eigenvalue weighted by Gasteiger charge is 2.39. The first kappa shape index (κ1) is 8.78. The van der Waals surface area contributed by atoms with Gasteiger partial charge in [0.15, 0.2) is 0 Å². The third-order valence-electron chi connectivity index (χ3n) is 1.34. The lowest BCUT2D eigenvalue weighted by molar-refractivity contribution is 0.140. The summed E-state index contributed by atoms with van der Waals surface area (Å²) in [6.45, 7) is 0. The maximum Gasteiger partial charge on any atom is 0.434 e. The van der Waals surface area contributed by atoms with Crippen LogP contribution in [0.3, 0.4) is 0 Å². The van der Waals surface area contributed by atoms with E-state index in [0.29, 0.717) is 9.21 Å². The van der Waals surface area contributed by atoms with Crippen molar-refractivity contribution in [2.75, 3.05) is 14.1 Å². The fourth-order valence-corrected chi connectivity index (χ4v) is 1.30. The highest BCUT2D eigenvalue weighted by molar-refractivity contribution is 7.85. The first-order chi connectivity index (χ1) is 5.36. The Kier molecular flexibility index (Phi) is 1.71. The van der Waals surface area contributed by atoms with Gasteiger partial charge in [-0.1, -0.05) is 0 Å². The summed E-state index contributed by atoms with van der Waals surface area (Å²) in [7, 11) is -2.08. The number of hydrogen-bond donors (Lipinski definition) is 0. The van der Waals surface area contributed by atoms with E-state index < -0.39 is 22.4 Å². The average molecular weight is 194 g/mol. The number of urea groups is 1. The first-order valence-electron chi connectivity index (χ1n) is 2.86. The fraction of sp³-hybridized carbons (Fsp3) is 0.500. The molecule has 0 aromatic heterocycles. The molecule has 1 rings (SSSR count). The summed E-state index contributed by atoms with van der Waals surface area (Å²) in [5, 5.41) is 0. The van der Waals surface area contributed by atoms with E-state index in [0.717, 1.165) is 14.1 Å². The zero-order chi connectivity index (χ0) is 9.52. The molecule has 1 heterocycles. The Morgan fingerprint density at radius 2 is 1.75 bits per heavy atom. The minimum Gasteiger partial charge on any atom is -0.311 e. The molecule has 1 aliphatic rings. The van der Waals surface area contributed by atoms with Crippen molar-refractivity contribution in [2.24, 2.45) is 0 Å². The predicted molar refractivity (Wildman–Crippen MR) is 36.3 cm³/mol. The number of nitrogens with zero attached hydrogens (tertiary/aromatic N) is 2. The second kappa shape index (κ2) is 2.34. The molecule has 0 bridgehead atoms. The lowest BCUT2D eigenvalue weighted by Gasteiger charge is -2.26. The first-order valence-corrected chi connectivity index (χ1v) is 4.23. The maximum atomic E-state index is 10.9. The number of amides is 3. The standard InChI is InChI=1S/C4H6N2O5S/c1-5-3(7)6(2)12(9,10)11-4(5)8/h1-2H3. The van der Waals surface area contributed by atoms with Crippen molar-refractivity contribution in [3.05, 3.63) is 0 Å². The molecule has 0 radical (unpaired) electrons.